The SMILES string of the molecule is CCC(C(=O)N1CCOCC1)N(c1cccc(C)c1)S(C)(=O)=O. The zero-order chi connectivity index (χ0) is 17.0. The third kappa shape index (κ3) is 4.23. The van der Waals surface area contributed by atoms with Crippen LogP contribution in [0, 0.1) is 6.92 Å². The largest absolute Gasteiger partial charge is 0.378 e. The molecule has 128 valence electrons. The molecule has 1 amide bonds. The molecule has 0 bridgehead atoms. The van der Waals surface area contributed by atoms with Crippen molar-refractivity contribution < 1.29 is 17.9 Å². The maximum atomic E-state index is 12.8. The summed E-state index contributed by atoms with van der Waals surface area (Å²) in [6.07, 6.45) is 1.56. The van der Waals surface area contributed by atoms with E-state index in [0.717, 1.165) is 11.8 Å². The van der Waals surface area contributed by atoms with Gasteiger partial charge in [-0.2, -0.15) is 0 Å². The maximum absolute atomic E-state index is 12.8. The van der Waals surface area contributed by atoms with Crippen LogP contribution in [0.1, 0.15) is 18.9 Å². The zero-order valence-electron chi connectivity index (χ0n) is 13.9. The van der Waals surface area contributed by atoms with Crippen molar-refractivity contribution in [3.05, 3.63) is 29.8 Å². The predicted molar refractivity (Wildman–Crippen MR) is 90.0 cm³/mol. The van der Waals surface area contributed by atoms with E-state index in [4.69, 9.17) is 4.74 Å². The van der Waals surface area contributed by atoms with Gasteiger partial charge in [0.25, 0.3) is 0 Å². The van der Waals surface area contributed by atoms with E-state index in [0.29, 0.717) is 38.4 Å². The van der Waals surface area contributed by atoms with Gasteiger partial charge in [-0.3, -0.25) is 9.10 Å². The van der Waals surface area contributed by atoms with Gasteiger partial charge in [0.15, 0.2) is 0 Å². The van der Waals surface area contributed by atoms with Crippen molar-refractivity contribution in [2.75, 3.05) is 36.9 Å². The van der Waals surface area contributed by atoms with E-state index < -0.39 is 16.1 Å². The Labute approximate surface area is 138 Å². The number of ether oxygens (including phenoxy) is 1. The molecule has 7 heteroatoms. The van der Waals surface area contributed by atoms with Gasteiger partial charge in [0, 0.05) is 13.1 Å². The molecule has 2 rings (SSSR count). The number of hydrogen-bond acceptors (Lipinski definition) is 4. The summed E-state index contributed by atoms with van der Waals surface area (Å²) in [4.78, 5) is 14.5. The normalized spacial score (nSPS) is 16.9. The Balaban J connectivity index is 2.38. The van der Waals surface area contributed by atoms with Gasteiger partial charge in [-0.15, -0.1) is 0 Å². The monoisotopic (exact) mass is 340 g/mol. The highest BCUT2D eigenvalue weighted by Gasteiger charge is 2.34. The predicted octanol–water partition coefficient (Wildman–Crippen LogP) is 1.40. The van der Waals surface area contributed by atoms with Gasteiger partial charge in [-0.05, 0) is 31.0 Å². The second kappa shape index (κ2) is 7.31. The number of benzene rings is 1. The Bertz CT molecular complexity index is 654. The summed E-state index contributed by atoms with van der Waals surface area (Å²) in [6.45, 7) is 5.71. The molecule has 1 saturated heterocycles. The fraction of sp³-hybridized carbons (Fsp3) is 0.562. The molecule has 0 N–H and O–H groups in total. The summed E-state index contributed by atoms with van der Waals surface area (Å²) in [5, 5.41) is 0. The fourth-order valence-electron chi connectivity index (χ4n) is 2.80. The van der Waals surface area contributed by atoms with Gasteiger partial charge < -0.3 is 9.64 Å². The lowest BCUT2D eigenvalue weighted by Crippen LogP contribution is -2.53. The summed E-state index contributed by atoms with van der Waals surface area (Å²) in [5.41, 5.74) is 1.48. The van der Waals surface area contributed by atoms with Crippen molar-refractivity contribution >= 4 is 21.6 Å². The number of aryl methyl sites for hydroxylation is 1. The van der Waals surface area contributed by atoms with Crippen LogP contribution < -0.4 is 4.31 Å². The molecule has 6 nitrogen and oxygen atoms in total. The van der Waals surface area contributed by atoms with Crippen molar-refractivity contribution in [2.45, 2.75) is 26.3 Å². The summed E-state index contributed by atoms with van der Waals surface area (Å²) >= 11 is 0. The van der Waals surface area contributed by atoms with Crippen molar-refractivity contribution in [2.24, 2.45) is 0 Å². The molecule has 1 aromatic carbocycles. The number of carbonyl (C=O) groups excluding carboxylic acids is 1. The molecule has 0 aliphatic carbocycles. The smallest absolute Gasteiger partial charge is 0.246 e. The van der Waals surface area contributed by atoms with Gasteiger partial charge in [-0.25, -0.2) is 8.42 Å². The molecular weight excluding hydrogens is 316 g/mol. The number of anilines is 1. The van der Waals surface area contributed by atoms with E-state index in [2.05, 4.69) is 0 Å². The molecule has 1 aliphatic heterocycles. The summed E-state index contributed by atoms with van der Waals surface area (Å²) in [7, 11) is -3.58. The maximum Gasteiger partial charge on any atom is 0.246 e. The number of nitrogens with zero attached hydrogens (tertiary/aromatic N) is 2. The van der Waals surface area contributed by atoms with Crippen molar-refractivity contribution in [3.63, 3.8) is 0 Å². The molecule has 0 radical (unpaired) electrons. The first-order valence-corrected chi connectivity index (χ1v) is 9.62. The molecule has 23 heavy (non-hydrogen) atoms. The van der Waals surface area contributed by atoms with E-state index in [-0.39, 0.29) is 5.91 Å². The Morgan fingerprint density at radius 1 is 1.35 bits per heavy atom. The lowest BCUT2D eigenvalue weighted by atomic mass is 10.1. The minimum atomic E-state index is -3.58. The Morgan fingerprint density at radius 3 is 2.52 bits per heavy atom. The van der Waals surface area contributed by atoms with Crippen molar-refractivity contribution in [1.82, 2.24) is 4.90 Å². The van der Waals surface area contributed by atoms with Crippen LogP contribution in [0.15, 0.2) is 24.3 Å². The van der Waals surface area contributed by atoms with Crippen LogP contribution in [-0.4, -0.2) is 57.8 Å². The molecule has 1 unspecified atom stereocenters. The standard InChI is InChI=1S/C16H24N2O4S/c1-4-15(16(19)17-8-10-22-11-9-17)18(23(3,20)21)14-7-5-6-13(2)12-14/h5-7,12,15H,4,8-11H2,1-3H3. The van der Waals surface area contributed by atoms with E-state index in [9.17, 15) is 13.2 Å². The minimum absolute atomic E-state index is 0.164. The summed E-state index contributed by atoms with van der Waals surface area (Å²) in [6, 6.07) is 6.48. The van der Waals surface area contributed by atoms with Crippen molar-refractivity contribution in [1.29, 1.82) is 0 Å². The topological polar surface area (TPSA) is 66.9 Å². The average molecular weight is 340 g/mol. The van der Waals surface area contributed by atoms with Crippen LogP contribution in [0.2, 0.25) is 0 Å². The van der Waals surface area contributed by atoms with E-state index in [1.165, 1.54) is 4.31 Å². The molecule has 1 atom stereocenters. The molecule has 0 spiro atoms. The van der Waals surface area contributed by atoms with Gasteiger partial charge in [-0.1, -0.05) is 19.1 Å². The Kier molecular flexibility index (Phi) is 5.64. The number of carbonyl (C=O) groups is 1. The Morgan fingerprint density at radius 2 is 2.00 bits per heavy atom. The molecule has 1 aliphatic rings. The molecular formula is C16H24N2O4S. The minimum Gasteiger partial charge on any atom is -0.378 e. The quantitative estimate of drug-likeness (QED) is 0.813. The third-order valence-corrected chi connectivity index (χ3v) is 5.07. The van der Waals surface area contributed by atoms with Crippen LogP contribution in [0.4, 0.5) is 5.69 Å². The fourth-order valence-corrected chi connectivity index (χ4v) is 4.00. The molecule has 1 heterocycles. The van der Waals surface area contributed by atoms with E-state index in [1.807, 2.05) is 19.9 Å². The van der Waals surface area contributed by atoms with Gasteiger partial charge >= 0.3 is 0 Å². The molecule has 1 aromatic rings. The van der Waals surface area contributed by atoms with Gasteiger partial charge in [0.2, 0.25) is 15.9 Å². The number of sulfonamides is 1. The number of amides is 1. The first-order chi connectivity index (χ1) is 10.8. The first kappa shape index (κ1) is 17.7. The van der Waals surface area contributed by atoms with Crippen LogP contribution >= 0.6 is 0 Å². The zero-order valence-corrected chi connectivity index (χ0v) is 14.7. The van der Waals surface area contributed by atoms with Gasteiger partial charge in [0.05, 0.1) is 25.2 Å². The van der Waals surface area contributed by atoms with Gasteiger partial charge in [0.1, 0.15) is 6.04 Å². The summed E-state index contributed by atoms with van der Waals surface area (Å²) < 4.78 is 31.2. The molecule has 1 fully saturated rings. The van der Waals surface area contributed by atoms with Crippen LogP contribution in [0.25, 0.3) is 0 Å². The average Bonchev–Trinajstić information content (AvgIpc) is 2.51. The third-order valence-electron chi connectivity index (χ3n) is 3.89. The second-order valence-corrected chi connectivity index (χ2v) is 7.62. The van der Waals surface area contributed by atoms with Crippen molar-refractivity contribution in [3.8, 4) is 0 Å². The lowest BCUT2D eigenvalue weighted by Gasteiger charge is -2.35. The lowest BCUT2D eigenvalue weighted by molar-refractivity contribution is -0.136. The van der Waals surface area contributed by atoms with E-state index in [1.54, 1.807) is 23.1 Å². The van der Waals surface area contributed by atoms with Crippen LogP contribution in [0.5, 0.6) is 0 Å². The highest BCUT2D eigenvalue weighted by molar-refractivity contribution is 7.92. The number of hydrogen-bond donors (Lipinski definition) is 0. The van der Waals surface area contributed by atoms with E-state index >= 15 is 0 Å². The highest BCUT2D eigenvalue weighted by atomic mass is 32.2. The van der Waals surface area contributed by atoms with Crippen LogP contribution in [-0.2, 0) is 19.6 Å². The Hall–Kier alpha value is -1.60. The first-order valence-electron chi connectivity index (χ1n) is 7.77. The highest BCUT2D eigenvalue weighted by Crippen LogP contribution is 2.24. The number of morpholine rings is 1. The molecule has 0 saturated carbocycles. The second-order valence-electron chi connectivity index (χ2n) is 5.76. The summed E-state index contributed by atoms with van der Waals surface area (Å²) in [5.74, 6) is -0.164. The molecule has 0 aromatic heterocycles. The van der Waals surface area contributed by atoms with Crippen LogP contribution in [0.3, 0.4) is 0 Å². The number of rotatable bonds is 5.